The highest BCUT2D eigenvalue weighted by molar-refractivity contribution is 7.99. The first-order valence-corrected chi connectivity index (χ1v) is 20.8. The highest BCUT2D eigenvalue weighted by atomic mass is 32.2. The number of carbonyl (C=O) groups excluding carboxylic acids is 7. The average Bonchev–Trinajstić information content (AvgIpc) is 3.23. The standard InChI is InChI=1S/C38H54N8O11S2/c1-40-17-19-58-18-14-31(49)41-15-5-4-6-26(44-32(50)11-8-24-7-10-29(47)30(48)20-24)35(52)42-16-13-33(51)45-28(36(53)46-27(21-39)38(55)57-3)23-59-34-12-9-25(22-43-34)37(54)56-2/h7-12,20,22,26-28,40,47-48H,4-6,13-19,21,23,39H2,1-3H3,(H,41,49)(H,42,52)(H,44,50)(H,45,51)(H,46,53)/b11-8+/t26?,27?,28-/m0/s1. The number of rotatable bonds is 27. The van der Waals surface area contributed by atoms with Gasteiger partial charge in [0.15, 0.2) is 11.5 Å². The summed E-state index contributed by atoms with van der Waals surface area (Å²) in [5.74, 6) is -3.17. The molecule has 324 valence electrons. The van der Waals surface area contributed by atoms with Crippen LogP contribution in [0.25, 0.3) is 6.08 Å². The van der Waals surface area contributed by atoms with Crippen LogP contribution in [0.1, 0.15) is 48.0 Å². The van der Waals surface area contributed by atoms with E-state index >= 15 is 0 Å². The summed E-state index contributed by atoms with van der Waals surface area (Å²) in [6, 6.07) is 3.61. The molecule has 0 bridgehead atoms. The molecule has 0 radical (unpaired) electrons. The number of unbranched alkanes of at least 4 members (excludes halogenated alkanes) is 1. The molecule has 0 aliphatic carbocycles. The smallest absolute Gasteiger partial charge is 0.339 e. The minimum absolute atomic E-state index is 0.0472. The number of benzene rings is 1. The lowest BCUT2D eigenvalue weighted by molar-refractivity contribution is -0.145. The summed E-state index contributed by atoms with van der Waals surface area (Å²) in [4.78, 5) is 92.7. The minimum Gasteiger partial charge on any atom is -0.504 e. The highest BCUT2D eigenvalue weighted by Gasteiger charge is 2.27. The van der Waals surface area contributed by atoms with E-state index in [1.54, 1.807) is 11.8 Å². The normalized spacial score (nSPS) is 12.4. The molecule has 0 spiro atoms. The molecule has 59 heavy (non-hydrogen) atoms. The predicted molar refractivity (Wildman–Crippen MR) is 222 cm³/mol. The molecule has 2 unspecified atom stereocenters. The molecule has 0 saturated heterocycles. The first-order chi connectivity index (χ1) is 28.3. The number of aromatic nitrogens is 1. The molecule has 0 fully saturated rings. The fourth-order valence-electron chi connectivity index (χ4n) is 4.91. The van der Waals surface area contributed by atoms with E-state index in [1.807, 2.05) is 7.05 Å². The van der Waals surface area contributed by atoms with Crippen molar-refractivity contribution < 1.29 is 53.2 Å². The lowest BCUT2D eigenvalue weighted by Gasteiger charge is -2.21. The molecular weight excluding hydrogens is 809 g/mol. The van der Waals surface area contributed by atoms with Gasteiger partial charge in [0.1, 0.15) is 18.1 Å². The molecule has 1 aromatic heterocycles. The number of nitrogens with zero attached hydrogens (tertiary/aromatic N) is 1. The van der Waals surface area contributed by atoms with Crippen molar-refractivity contribution in [1.29, 1.82) is 0 Å². The van der Waals surface area contributed by atoms with Gasteiger partial charge < -0.3 is 57.3 Å². The molecule has 1 aromatic carbocycles. The summed E-state index contributed by atoms with van der Waals surface area (Å²) in [5.41, 5.74) is 6.27. The Morgan fingerprint density at radius 2 is 1.59 bits per heavy atom. The minimum atomic E-state index is -1.20. The summed E-state index contributed by atoms with van der Waals surface area (Å²) in [5, 5.41) is 36.0. The Balaban J connectivity index is 2.05. The van der Waals surface area contributed by atoms with E-state index in [0.29, 0.717) is 42.1 Å². The number of hydrogen-bond donors (Lipinski definition) is 9. The van der Waals surface area contributed by atoms with Gasteiger partial charge in [-0.3, -0.25) is 24.0 Å². The number of pyridine rings is 1. The van der Waals surface area contributed by atoms with Crippen LogP contribution in [0.3, 0.4) is 0 Å². The van der Waals surface area contributed by atoms with E-state index in [0.717, 1.165) is 37.2 Å². The molecule has 5 amide bonds. The number of ether oxygens (including phenoxy) is 2. The van der Waals surface area contributed by atoms with Crippen molar-refractivity contribution >= 4 is 71.1 Å². The number of phenolic OH excluding ortho intramolecular Hbond substituents is 2. The lowest BCUT2D eigenvalue weighted by Crippen LogP contribution is -2.55. The number of phenols is 2. The van der Waals surface area contributed by atoms with Crippen molar-refractivity contribution in [2.75, 3.05) is 64.7 Å². The van der Waals surface area contributed by atoms with Crippen molar-refractivity contribution in [3.8, 4) is 11.5 Å². The summed E-state index contributed by atoms with van der Waals surface area (Å²) in [6.45, 7) is 0.785. The third kappa shape index (κ3) is 19.8. The summed E-state index contributed by atoms with van der Waals surface area (Å²) in [6.07, 6.45) is 5.13. The van der Waals surface area contributed by atoms with Gasteiger partial charge in [-0.15, -0.1) is 11.8 Å². The molecule has 0 aliphatic heterocycles. The molecule has 0 saturated carbocycles. The second-order valence-electron chi connectivity index (χ2n) is 12.6. The van der Waals surface area contributed by atoms with Gasteiger partial charge >= 0.3 is 11.9 Å². The Morgan fingerprint density at radius 3 is 2.25 bits per heavy atom. The maximum Gasteiger partial charge on any atom is 0.339 e. The van der Waals surface area contributed by atoms with Crippen molar-refractivity contribution in [2.45, 2.75) is 55.3 Å². The molecular formula is C38H54N8O11S2. The van der Waals surface area contributed by atoms with Gasteiger partial charge in [-0.1, -0.05) is 6.07 Å². The van der Waals surface area contributed by atoms with E-state index in [2.05, 4.69) is 46.4 Å². The summed E-state index contributed by atoms with van der Waals surface area (Å²) >= 11 is 2.76. The van der Waals surface area contributed by atoms with Gasteiger partial charge in [0.25, 0.3) is 0 Å². The van der Waals surface area contributed by atoms with Crippen LogP contribution in [0, 0.1) is 0 Å². The van der Waals surface area contributed by atoms with Crippen LogP contribution in [0.2, 0.25) is 0 Å². The predicted octanol–water partition coefficient (Wildman–Crippen LogP) is -0.193. The number of nitrogens with one attached hydrogen (secondary N) is 6. The number of amides is 5. The fraction of sp³-hybridized carbons (Fsp3) is 0.474. The van der Waals surface area contributed by atoms with Crippen LogP contribution in [-0.2, 0) is 38.2 Å². The number of carbonyl (C=O) groups is 7. The van der Waals surface area contributed by atoms with Crippen LogP contribution >= 0.6 is 23.5 Å². The fourth-order valence-corrected chi connectivity index (χ4v) is 6.65. The number of hydrogen-bond acceptors (Lipinski definition) is 16. The number of esters is 2. The van der Waals surface area contributed by atoms with Crippen LogP contribution < -0.4 is 37.6 Å². The van der Waals surface area contributed by atoms with Crippen molar-refractivity contribution in [1.82, 2.24) is 36.9 Å². The Morgan fingerprint density at radius 1 is 0.814 bits per heavy atom. The van der Waals surface area contributed by atoms with Crippen LogP contribution in [-0.4, -0.2) is 140 Å². The molecule has 21 heteroatoms. The van der Waals surface area contributed by atoms with Gasteiger partial charge in [-0.05, 0) is 62.2 Å². The van der Waals surface area contributed by atoms with Gasteiger partial charge in [-0.25, -0.2) is 14.6 Å². The Kier molecular flexibility index (Phi) is 23.7. The van der Waals surface area contributed by atoms with Gasteiger partial charge in [0, 0.05) is 68.6 Å². The number of thioether (sulfide) groups is 2. The number of methoxy groups -OCH3 is 2. The van der Waals surface area contributed by atoms with E-state index in [4.69, 9.17) is 5.73 Å². The van der Waals surface area contributed by atoms with E-state index < -0.39 is 53.7 Å². The molecule has 0 aliphatic rings. The van der Waals surface area contributed by atoms with Crippen LogP contribution in [0.4, 0.5) is 0 Å². The van der Waals surface area contributed by atoms with Crippen LogP contribution in [0.5, 0.6) is 11.5 Å². The highest BCUT2D eigenvalue weighted by Crippen LogP contribution is 2.25. The Labute approximate surface area is 351 Å². The topological polar surface area (TPSA) is 290 Å². The third-order valence-corrected chi connectivity index (χ3v) is 10.2. The largest absolute Gasteiger partial charge is 0.504 e. The third-order valence-electron chi connectivity index (χ3n) is 8.17. The molecule has 2 rings (SSSR count). The zero-order valence-corrected chi connectivity index (χ0v) is 34.9. The first-order valence-electron chi connectivity index (χ1n) is 18.6. The molecule has 2 aromatic rings. The SMILES string of the molecule is CNCCSCCC(=O)NCCCCC(NC(=O)/C=C/c1ccc(O)c(O)c1)C(=O)NCCC(=O)N[C@@H](CSc1ccc(C(=O)OC)cn1)C(=O)NC(CN)C(=O)OC. The zero-order valence-electron chi connectivity index (χ0n) is 33.2. The Hall–Kier alpha value is -5.38. The van der Waals surface area contributed by atoms with Gasteiger partial charge in [0.2, 0.25) is 29.5 Å². The lowest BCUT2D eigenvalue weighted by atomic mass is 10.1. The second kappa shape index (κ2) is 28.1. The molecule has 10 N–H and O–H groups in total. The first kappa shape index (κ1) is 49.8. The number of nitrogens with two attached hydrogens (primary N) is 1. The molecule has 19 nitrogen and oxygen atoms in total. The molecule has 1 heterocycles. The van der Waals surface area contributed by atoms with Gasteiger partial charge in [0.05, 0.1) is 24.8 Å². The summed E-state index contributed by atoms with van der Waals surface area (Å²) < 4.78 is 9.36. The quantitative estimate of drug-likeness (QED) is 0.0185. The molecule has 3 atom stereocenters. The van der Waals surface area contributed by atoms with Crippen molar-refractivity contribution in [2.24, 2.45) is 5.73 Å². The van der Waals surface area contributed by atoms with E-state index in [-0.39, 0.29) is 54.7 Å². The van der Waals surface area contributed by atoms with E-state index in [1.165, 1.54) is 49.7 Å². The average molecular weight is 863 g/mol. The van der Waals surface area contributed by atoms with Crippen LogP contribution in [0.15, 0.2) is 47.6 Å². The second-order valence-corrected chi connectivity index (χ2v) is 14.9. The number of aromatic hydroxyl groups is 2. The van der Waals surface area contributed by atoms with Crippen molar-refractivity contribution in [3.05, 3.63) is 53.7 Å². The Bertz CT molecular complexity index is 1730. The maximum absolute atomic E-state index is 13.3. The monoisotopic (exact) mass is 862 g/mol. The van der Waals surface area contributed by atoms with Crippen molar-refractivity contribution in [3.63, 3.8) is 0 Å². The van der Waals surface area contributed by atoms with E-state index in [9.17, 15) is 43.8 Å². The summed E-state index contributed by atoms with van der Waals surface area (Å²) in [7, 11) is 4.23. The van der Waals surface area contributed by atoms with Gasteiger partial charge in [-0.2, -0.15) is 11.8 Å². The maximum atomic E-state index is 13.3. The zero-order chi connectivity index (χ0) is 43.6.